The van der Waals surface area contributed by atoms with Gasteiger partial charge in [-0.1, -0.05) is 17.7 Å². The molecule has 0 amide bonds. The van der Waals surface area contributed by atoms with Gasteiger partial charge in [-0.15, -0.1) is 0 Å². The Hall–Kier alpha value is -0.720. The number of aryl methyl sites for hydroxylation is 1. The third-order valence-electron chi connectivity index (χ3n) is 4.07. The second-order valence-corrected chi connectivity index (χ2v) is 11.0. The molecule has 0 saturated heterocycles. The molecule has 0 unspecified atom stereocenters. The van der Waals surface area contributed by atoms with E-state index in [-0.39, 0.29) is 11.5 Å². The molecule has 0 fully saturated rings. The number of hydrogen-bond donors (Lipinski definition) is 0. The van der Waals surface area contributed by atoms with Crippen LogP contribution in [-0.4, -0.2) is 33.4 Å². The molecule has 0 aliphatic heterocycles. The molecule has 0 aliphatic rings. The summed E-state index contributed by atoms with van der Waals surface area (Å²) in [4.78, 5) is 0.153. The van der Waals surface area contributed by atoms with Crippen molar-refractivity contribution in [3.63, 3.8) is 0 Å². The molecule has 0 spiro atoms. The Kier molecular flexibility index (Phi) is 8.97. The molecule has 150 valence electrons. The van der Waals surface area contributed by atoms with E-state index in [1.807, 2.05) is 20.8 Å². The van der Waals surface area contributed by atoms with Crippen LogP contribution in [0.2, 0.25) is 0 Å². The molecule has 1 aromatic carbocycles. The Labute approximate surface area is 157 Å². The lowest BCUT2D eigenvalue weighted by Crippen LogP contribution is -2.23. The second-order valence-electron chi connectivity index (χ2n) is 6.69. The van der Waals surface area contributed by atoms with E-state index in [0.717, 1.165) is 5.56 Å². The molecule has 0 N–H and O–H groups in total. The predicted octanol–water partition coefficient (Wildman–Crippen LogP) is 4.92. The maximum absolute atomic E-state index is 12.9. The molecular weight excluding hydrogens is 375 g/mol. The normalized spacial score (nSPS) is 13.1. The van der Waals surface area contributed by atoms with Gasteiger partial charge in [0.2, 0.25) is 0 Å². The van der Waals surface area contributed by atoms with Gasteiger partial charge in [0.1, 0.15) is 0 Å². The van der Waals surface area contributed by atoms with E-state index >= 15 is 0 Å². The van der Waals surface area contributed by atoms with Gasteiger partial charge in [0, 0.05) is 0 Å². The van der Waals surface area contributed by atoms with Crippen LogP contribution >= 0.6 is 7.60 Å². The molecule has 8 heteroatoms. The van der Waals surface area contributed by atoms with Crippen molar-refractivity contribution in [1.29, 1.82) is 0 Å². The van der Waals surface area contributed by atoms with Gasteiger partial charge in [0.25, 0.3) is 10.1 Å². The van der Waals surface area contributed by atoms with Crippen molar-refractivity contribution < 1.29 is 26.2 Å². The van der Waals surface area contributed by atoms with Crippen molar-refractivity contribution in [2.45, 2.75) is 63.9 Å². The first-order valence-electron chi connectivity index (χ1n) is 8.93. The molecule has 6 nitrogen and oxygen atoms in total. The summed E-state index contributed by atoms with van der Waals surface area (Å²) >= 11 is 0. The van der Waals surface area contributed by atoms with Gasteiger partial charge in [-0.3, -0.25) is 8.75 Å². The van der Waals surface area contributed by atoms with Crippen molar-refractivity contribution >= 4 is 17.7 Å². The summed E-state index contributed by atoms with van der Waals surface area (Å²) in [6.07, 6.45) is 1.77. The third-order valence-corrected chi connectivity index (χ3v) is 8.30. The van der Waals surface area contributed by atoms with E-state index in [0.29, 0.717) is 32.5 Å². The maximum atomic E-state index is 12.9. The molecule has 0 radical (unpaired) electrons. The minimum Gasteiger partial charge on any atom is -0.308 e. The second kappa shape index (κ2) is 10.00. The Balaban J connectivity index is 2.52. The average Bonchev–Trinajstić information content (AvgIpc) is 2.55. The molecule has 0 aliphatic carbocycles. The molecule has 0 bridgehead atoms. The van der Waals surface area contributed by atoms with Crippen molar-refractivity contribution in [3.05, 3.63) is 29.8 Å². The summed E-state index contributed by atoms with van der Waals surface area (Å²) in [6.45, 7) is 9.88. The monoisotopic (exact) mass is 406 g/mol. The fourth-order valence-corrected chi connectivity index (χ4v) is 5.29. The number of hydrogen-bond acceptors (Lipinski definition) is 6. The van der Waals surface area contributed by atoms with Gasteiger partial charge in [-0.2, -0.15) is 8.42 Å². The molecule has 26 heavy (non-hydrogen) atoms. The minimum atomic E-state index is -3.74. The highest BCUT2D eigenvalue weighted by Crippen LogP contribution is 2.61. The first-order valence-corrected chi connectivity index (χ1v) is 11.9. The molecular formula is C18H31O6PS. The lowest BCUT2D eigenvalue weighted by atomic mass is 10.1. The largest absolute Gasteiger partial charge is 0.336 e. The van der Waals surface area contributed by atoms with E-state index in [1.54, 1.807) is 26.0 Å². The van der Waals surface area contributed by atoms with Gasteiger partial charge in [-0.05, 0) is 66.0 Å². The zero-order valence-electron chi connectivity index (χ0n) is 16.4. The highest BCUT2D eigenvalue weighted by molar-refractivity contribution is 7.86. The lowest BCUT2D eigenvalue weighted by Gasteiger charge is -2.32. The molecule has 1 aromatic rings. The van der Waals surface area contributed by atoms with Gasteiger partial charge in [0.05, 0.1) is 29.9 Å². The Bertz CT molecular complexity index is 687. The quantitative estimate of drug-likeness (QED) is 0.279. The predicted molar refractivity (Wildman–Crippen MR) is 103 cm³/mol. The Morgan fingerprint density at radius 3 is 2.04 bits per heavy atom. The molecule has 0 saturated carbocycles. The van der Waals surface area contributed by atoms with Crippen LogP contribution in [0, 0.1) is 6.92 Å². The van der Waals surface area contributed by atoms with Crippen LogP contribution < -0.4 is 0 Å². The standard InChI is InChI=1S/C18H31O6PS/c1-6-22-25(19,23-7-2)18(4,5)14-8-9-15-24-26(20,21)17-12-10-16(3)11-13-17/h10-13H,6-9,14-15H2,1-5H3. The van der Waals surface area contributed by atoms with Crippen molar-refractivity contribution in [2.75, 3.05) is 19.8 Å². The summed E-state index contributed by atoms with van der Waals surface area (Å²) < 4.78 is 53.1. The average molecular weight is 406 g/mol. The van der Waals surface area contributed by atoms with Crippen LogP contribution in [0.15, 0.2) is 29.2 Å². The highest BCUT2D eigenvalue weighted by atomic mass is 32.2. The zero-order valence-corrected chi connectivity index (χ0v) is 18.1. The smallest absolute Gasteiger partial charge is 0.308 e. The van der Waals surface area contributed by atoms with E-state index in [9.17, 15) is 13.0 Å². The summed E-state index contributed by atoms with van der Waals surface area (Å²) in [6, 6.07) is 6.54. The summed E-state index contributed by atoms with van der Waals surface area (Å²) in [7, 11) is -6.96. The van der Waals surface area contributed by atoms with Crippen LogP contribution in [-0.2, 0) is 27.9 Å². The minimum absolute atomic E-state index is 0.0832. The van der Waals surface area contributed by atoms with Crippen LogP contribution in [0.1, 0.15) is 52.5 Å². The van der Waals surface area contributed by atoms with Crippen LogP contribution in [0.4, 0.5) is 0 Å². The topological polar surface area (TPSA) is 78.9 Å². The van der Waals surface area contributed by atoms with E-state index in [2.05, 4.69) is 0 Å². The first kappa shape index (κ1) is 23.3. The molecule has 1 rings (SSSR count). The van der Waals surface area contributed by atoms with Crippen molar-refractivity contribution in [3.8, 4) is 0 Å². The Morgan fingerprint density at radius 2 is 1.54 bits per heavy atom. The number of unbranched alkanes of at least 4 members (excludes halogenated alkanes) is 1. The van der Waals surface area contributed by atoms with Crippen molar-refractivity contribution in [1.82, 2.24) is 0 Å². The summed E-state index contributed by atoms with van der Waals surface area (Å²) in [5.41, 5.74) is 0.985. The molecule has 0 heterocycles. The number of rotatable bonds is 12. The van der Waals surface area contributed by atoms with Crippen LogP contribution in [0.3, 0.4) is 0 Å². The Morgan fingerprint density at radius 1 is 1.00 bits per heavy atom. The fraction of sp³-hybridized carbons (Fsp3) is 0.667. The van der Waals surface area contributed by atoms with Gasteiger partial charge in [0.15, 0.2) is 0 Å². The van der Waals surface area contributed by atoms with E-state index < -0.39 is 22.9 Å². The van der Waals surface area contributed by atoms with Crippen LogP contribution in [0.25, 0.3) is 0 Å². The van der Waals surface area contributed by atoms with E-state index in [4.69, 9.17) is 13.2 Å². The van der Waals surface area contributed by atoms with Gasteiger partial charge < -0.3 is 9.05 Å². The van der Waals surface area contributed by atoms with Gasteiger partial charge in [-0.25, -0.2) is 0 Å². The SMILES string of the molecule is CCOP(=O)(OCC)C(C)(C)CCCCOS(=O)(=O)c1ccc(C)cc1. The summed E-state index contributed by atoms with van der Waals surface area (Å²) in [5.74, 6) is 0. The maximum Gasteiger partial charge on any atom is 0.336 e. The zero-order chi connectivity index (χ0) is 19.8. The highest BCUT2D eigenvalue weighted by Gasteiger charge is 2.42. The first-order chi connectivity index (χ1) is 12.1. The fourth-order valence-electron chi connectivity index (χ4n) is 2.46. The molecule has 0 aromatic heterocycles. The lowest BCUT2D eigenvalue weighted by molar-refractivity contribution is 0.197. The van der Waals surface area contributed by atoms with Gasteiger partial charge >= 0.3 is 7.60 Å². The van der Waals surface area contributed by atoms with Crippen molar-refractivity contribution in [2.24, 2.45) is 0 Å². The summed E-state index contributed by atoms with van der Waals surface area (Å²) in [5, 5.41) is -0.644. The molecule has 0 atom stereocenters. The van der Waals surface area contributed by atoms with Crippen LogP contribution in [0.5, 0.6) is 0 Å². The van der Waals surface area contributed by atoms with E-state index in [1.165, 1.54) is 12.1 Å². The number of benzene rings is 1. The third kappa shape index (κ3) is 6.46.